The minimum Gasteiger partial charge on any atom is -0.378 e. The summed E-state index contributed by atoms with van der Waals surface area (Å²) < 4.78 is 5.49. The Hall–Kier alpha value is -2.38. The van der Waals surface area contributed by atoms with Crippen molar-refractivity contribution in [3.05, 3.63) is 47.8 Å². The lowest BCUT2D eigenvalue weighted by Crippen LogP contribution is -2.37. The molecule has 0 atom stereocenters. The molecule has 0 radical (unpaired) electrons. The van der Waals surface area contributed by atoms with Crippen molar-refractivity contribution in [2.24, 2.45) is 0 Å². The molecule has 6 nitrogen and oxygen atoms in total. The van der Waals surface area contributed by atoms with E-state index in [1.807, 2.05) is 6.08 Å². The van der Waals surface area contributed by atoms with Gasteiger partial charge in [0.1, 0.15) is 11.3 Å². The molecule has 1 N–H and O–H groups in total. The first-order valence-electron chi connectivity index (χ1n) is 9.20. The van der Waals surface area contributed by atoms with E-state index in [4.69, 9.17) is 9.72 Å². The highest BCUT2D eigenvalue weighted by Gasteiger charge is 2.20. The third kappa shape index (κ3) is 3.99. The Morgan fingerprint density at radius 1 is 1.19 bits per heavy atom. The van der Waals surface area contributed by atoms with Crippen LogP contribution in [0.5, 0.6) is 0 Å². The Morgan fingerprint density at radius 3 is 2.67 bits per heavy atom. The fourth-order valence-electron chi connectivity index (χ4n) is 3.04. The molecule has 7 heteroatoms. The number of benzene rings is 1. The predicted molar refractivity (Wildman–Crippen MR) is 110 cm³/mol. The molecule has 0 saturated carbocycles. The van der Waals surface area contributed by atoms with E-state index in [-0.39, 0.29) is 0 Å². The minimum absolute atomic E-state index is 0.721. The fraction of sp³-hybridized carbons (Fsp3) is 0.350. The van der Waals surface area contributed by atoms with Crippen LogP contribution in [0.4, 0.5) is 5.82 Å². The van der Waals surface area contributed by atoms with Crippen LogP contribution in [0.3, 0.4) is 0 Å². The Kier molecular flexibility index (Phi) is 5.40. The quantitative estimate of drug-likeness (QED) is 0.519. The molecule has 0 spiro atoms. The van der Waals surface area contributed by atoms with Gasteiger partial charge in [-0.05, 0) is 11.1 Å². The molecule has 3 aromatic rings. The molecule has 3 heterocycles. The lowest BCUT2D eigenvalue weighted by atomic mass is 10.1. The zero-order valence-corrected chi connectivity index (χ0v) is 16.3. The second kappa shape index (κ2) is 8.10. The average Bonchev–Trinajstić information content (AvgIpc) is 3.16. The maximum absolute atomic E-state index is 5.49. The van der Waals surface area contributed by atoms with Gasteiger partial charge in [-0.2, -0.15) is 0 Å². The van der Waals surface area contributed by atoms with Crippen LogP contribution >= 0.6 is 11.8 Å². The third-order valence-corrected chi connectivity index (χ3v) is 5.51. The van der Waals surface area contributed by atoms with E-state index in [1.165, 1.54) is 5.56 Å². The number of ether oxygens (including phenoxy) is 1. The number of thioether (sulfide) groups is 1. The minimum atomic E-state index is 0.721. The number of hydrogen-bond acceptors (Lipinski definition) is 6. The number of aromatic amines is 1. The van der Waals surface area contributed by atoms with Crippen LogP contribution in [0.1, 0.15) is 23.9 Å². The van der Waals surface area contributed by atoms with Gasteiger partial charge >= 0.3 is 0 Å². The summed E-state index contributed by atoms with van der Waals surface area (Å²) in [5.41, 5.74) is 4.03. The van der Waals surface area contributed by atoms with Gasteiger partial charge in [0.2, 0.25) is 0 Å². The summed E-state index contributed by atoms with van der Waals surface area (Å²) in [6, 6.07) is 8.39. The van der Waals surface area contributed by atoms with Crippen LogP contribution in [-0.4, -0.2) is 46.2 Å². The molecule has 1 aromatic carbocycles. The first-order chi connectivity index (χ1) is 13.3. The highest BCUT2D eigenvalue weighted by atomic mass is 32.2. The molecule has 0 amide bonds. The normalized spacial score (nSPS) is 14.6. The van der Waals surface area contributed by atoms with Crippen molar-refractivity contribution in [1.29, 1.82) is 0 Å². The van der Waals surface area contributed by atoms with Gasteiger partial charge in [0.25, 0.3) is 0 Å². The maximum Gasteiger partial charge on any atom is 0.192 e. The van der Waals surface area contributed by atoms with Gasteiger partial charge in [-0.1, -0.05) is 55.6 Å². The summed E-state index contributed by atoms with van der Waals surface area (Å²) >= 11 is 1.64. The number of nitrogens with one attached hydrogen (secondary N) is 1. The Balaban J connectivity index is 1.62. The van der Waals surface area contributed by atoms with Crippen LogP contribution in [0.25, 0.3) is 17.2 Å². The van der Waals surface area contributed by atoms with Crippen molar-refractivity contribution < 1.29 is 4.74 Å². The van der Waals surface area contributed by atoms with Crippen molar-refractivity contribution in [2.75, 3.05) is 31.2 Å². The molecule has 27 heavy (non-hydrogen) atoms. The van der Waals surface area contributed by atoms with Crippen LogP contribution in [0.2, 0.25) is 0 Å². The maximum atomic E-state index is 5.49. The van der Waals surface area contributed by atoms with Gasteiger partial charge in [-0.3, -0.25) is 0 Å². The van der Waals surface area contributed by atoms with Crippen molar-refractivity contribution in [1.82, 2.24) is 19.9 Å². The van der Waals surface area contributed by atoms with Crippen LogP contribution in [-0.2, 0) is 16.9 Å². The summed E-state index contributed by atoms with van der Waals surface area (Å²) in [6.45, 7) is 8.99. The van der Waals surface area contributed by atoms with E-state index in [0.29, 0.717) is 0 Å². The van der Waals surface area contributed by atoms with Gasteiger partial charge in [0, 0.05) is 25.3 Å². The van der Waals surface area contributed by atoms with Crippen LogP contribution in [0.15, 0.2) is 36.0 Å². The van der Waals surface area contributed by atoms with E-state index >= 15 is 0 Å². The molecule has 1 aliphatic rings. The fourth-order valence-corrected chi connectivity index (χ4v) is 3.83. The highest BCUT2D eigenvalue weighted by molar-refractivity contribution is 7.98. The summed E-state index contributed by atoms with van der Waals surface area (Å²) in [6.07, 6.45) is 2.70. The van der Waals surface area contributed by atoms with Crippen molar-refractivity contribution in [3.63, 3.8) is 0 Å². The smallest absolute Gasteiger partial charge is 0.192 e. The Labute approximate surface area is 163 Å². The number of rotatable bonds is 6. The Morgan fingerprint density at radius 2 is 1.96 bits per heavy atom. The summed E-state index contributed by atoms with van der Waals surface area (Å²) in [5.74, 6) is 2.69. The molecule has 4 rings (SSSR count). The molecule has 0 unspecified atom stereocenters. The first-order valence-corrected chi connectivity index (χ1v) is 10.2. The Bertz CT molecular complexity index is 931. The number of aromatic nitrogens is 4. The zero-order valence-electron chi connectivity index (χ0n) is 15.4. The van der Waals surface area contributed by atoms with Crippen molar-refractivity contribution >= 4 is 34.8 Å². The number of imidazole rings is 1. The lowest BCUT2D eigenvalue weighted by Gasteiger charge is -2.28. The summed E-state index contributed by atoms with van der Waals surface area (Å²) in [4.78, 5) is 19.8. The monoisotopic (exact) mass is 381 g/mol. The molecule has 1 aliphatic heterocycles. The van der Waals surface area contributed by atoms with E-state index in [1.54, 1.807) is 11.8 Å². The number of anilines is 1. The second-order valence-corrected chi connectivity index (χ2v) is 7.34. The van der Waals surface area contributed by atoms with Gasteiger partial charge in [0.15, 0.2) is 16.6 Å². The van der Waals surface area contributed by atoms with Gasteiger partial charge in [0.05, 0.1) is 13.2 Å². The highest BCUT2D eigenvalue weighted by Crippen LogP contribution is 2.28. The number of morpholine rings is 1. The van der Waals surface area contributed by atoms with Crippen molar-refractivity contribution in [2.45, 2.75) is 24.3 Å². The average molecular weight is 382 g/mol. The van der Waals surface area contributed by atoms with E-state index in [9.17, 15) is 0 Å². The number of aryl methyl sites for hydroxylation is 1. The third-order valence-electron chi connectivity index (χ3n) is 4.59. The van der Waals surface area contributed by atoms with Gasteiger partial charge < -0.3 is 14.6 Å². The molecular weight excluding hydrogens is 358 g/mol. The topological polar surface area (TPSA) is 66.9 Å². The molecule has 1 fully saturated rings. The molecular formula is C20H23N5OS. The van der Waals surface area contributed by atoms with Crippen LogP contribution in [0, 0.1) is 0 Å². The molecule has 0 aliphatic carbocycles. The number of H-pyrrole nitrogens is 1. The number of fused-ring (bicyclic) bond motifs is 1. The largest absolute Gasteiger partial charge is 0.378 e. The summed E-state index contributed by atoms with van der Waals surface area (Å²) in [7, 11) is 0. The predicted octanol–water partition coefficient (Wildman–Crippen LogP) is 3.69. The SMILES string of the molecule is C=Cc1ccc(CSc2nc(N3CCOCC3)c3[nH]c(CC)nc3n2)cc1. The van der Waals surface area contributed by atoms with Gasteiger partial charge in [-0.15, -0.1) is 0 Å². The van der Waals surface area contributed by atoms with Crippen molar-refractivity contribution in [3.8, 4) is 0 Å². The first kappa shape index (κ1) is 18.0. The number of nitrogens with zero attached hydrogens (tertiary/aromatic N) is 4. The van der Waals surface area contributed by atoms with E-state index < -0.39 is 0 Å². The molecule has 0 bridgehead atoms. The standard InChI is InChI=1S/C20H23N5OS/c1-3-14-5-7-15(8-6-14)13-27-20-23-18-17(21-16(4-2)22-18)19(24-20)25-9-11-26-12-10-25/h3,5-8H,1,4,9-13H2,2H3,(H,21,22,23,24). The summed E-state index contributed by atoms with van der Waals surface area (Å²) in [5, 5.41) is 0.756. The van der Waals surface area contributed by atoms with E-state index in [2.05, 4.69) is 57.6 Å². The number of hydrogen-bond donors (Lipinski definition) is 1. The van der Waals surface area contributed by atoms with Crippen LogP contribution < -0.4 is 4.90 Å². The zero-order chi connectivity index (χ0) is 18.6. The molecule has 2 aromatic heterocycles. The molecule has 140 valence electrons. The van der Waals surface area contributed by atoms with E-state index in [0.717, 1.165) is 72.0 Å². The van der Waals surface area contributed by atoms with Gasteiger partial charge in [-0.25, -0.2) is 15.0 Å². The molecule has 1 saturated heterocycles. The lowest BCUT2D eigenvalue weighted by molar-refractivity contribution is 0.122. The second-order valence-electron chi connectivity index (χ2n) is 6.40.